The third-order valence-corrected chi connectivity index (χ3v) is 4.28. The number of benzene rings is 1. The molecule has 2 heterocycles. The molecule has 1 N–H and O–H groups in total. The molecule has 1 atom stereocenters. The maximum atomic E-state index is 12.8. The molecule has 1 aromatic carbocycles. The molecule has 118 valence electrons. The monoisotopic (exact) mass is 302 g/mol. The lowest BCUT2D eigenvalue weighted by atomic mass is 10.1. The van der Waals surface area contributed by atoms with E-state index in [9.17, 15) is 4.79 Å². The number of fused-ring (bicyclic) bond motifs is 1. The van der Waals surface area contributed by atoms with E-state index in [2.05, 4.69) is 5.32 Å². The number of carbonyl (C=O) groups is 1. The van der Waals surface area contributed by atoms with E-state index < -0.39 is 0 Å². The predicted octanol–water partition coefficient (Wildman–Crippen LogP) is 1.68. The normalized spacial score (nSPS) is 20.2. The van der Waals surface area contributed by atoms with Gasteiger partial charge >= 0.3 is 0 Å². The van der Waals surface area contributed by atoms with Crippen molar-refractivity contribution in [1.82, 2.24) is 10.2 Å². The second-order valence-corrected chi connectivity index (χ2v) is 5.71. The van der Waals surface area contributed by atoms with Gasteiger partial charge in [0.05, 0.1) is 12.7 Å². The van der Waals surface area contributed by atoms with Gasteiger partial charge in [0, 0.05) is 24.7 Å². The summed E-state index contributed by atoms with van der Waals surface area (Å²) in [6.07, 6.45) is 4.06. The quantitative estimate of drug-likeness (QED) is 0.919. The van der Waals surface area contributed by atoms with Gasteiger partial charge < -0.3 is 19.7 Å². The van der Waals surface area contributed by atoms with Crippen LogP contribution in [-0.2, 0) is 4.79 Å². The zero-order valence-electron chi connectivity index (χ0n) is 13.1. The molecule has 5 nitrogen and oxygen atoms in total. The maximum Gasteiger partial charge on any atom is 0.253 e. The first kappa shape index (κ1) is 14.9. The summed E-state index contributed by atoms with van der Waals surface area (Å²) < 4.78 is 11.0. The zero-order valence-corrected chi connectivity index (χ0v) is 13.1. The van der Waals surface area contributed by atoms with Crippen LogP contribution in [-0.4, -0.2) is 50.7 Å². The van der Waals surface area contributed by atoms with Gasteiger partial charge in [-0.05, 0) is 44.2 Å². The maximum absolute atomic E-state index is 12.8. The number of nitrogens with one attached hydrogen (secondary N) is 1. The molecule has 1 saturated heterocycles. The molecule has 0 aromatic heterocycles. The molecule has 0 saturated carbocycles. The smallest absolute Gasteiger partial charge is 0.253 e. The minimum atomic E-state index is 0.0891. The fraction of sp³-hybridized carbons (Fsp3) is 0.471. The second-order valence-electron chi connectivity index (χ2n) is 5.71. The van der Waals surface area contributed by atoms with E-state index in [0.717, 1.165) is 43.0 Å². The summed E-state index contributed by atoms with van der Waals surface area (Å²) in [7, 11) is 3.56. The molecule has 0 bridgehead atoms. The van der Waals surface area contributed by atoms with Crippen molar-refractivity contribution in [2.75, 3.05) is 33.9 Å². The Labute approximate surface area is 130 Å². The van der Waals surface area contributed by atoms with Crippen molar-refractivity contribution >= 4 is 12.0 Å². The van der Waals surface area contributed by atoms with Gasteiger partial charge in [0.2, 0.25) is 0 Å². The molecule has 3 rings (SSSR count). The summed E-state index contributed by atoms with van der Waals surface area (Å²) in [5.41, 5.74) is 1.61. The van der Waals surface area contributed by atoms with E-state index in [1.165, 1.54) is 0 Å². The van der Waals surface area contributed by atoms with Crippen molar-refractivity contribution in [3.8, 4) is 11.5 Å². The molecular formula is C17H22N2O3. The van der Waals surface area contributed by atoms with Gasteiger partial charge in [-0.25, -0.2) is 0 Å². The van der Waals surface area contributed by atoms with Gasteiger partial charge in [-0.2, -0.15) is 0 Å². The van der Waals surface area contributed by atoms with Crippen LogP contribution >= 0.6 is 0 Å². The lowest BCUT2D eigenvalue weighted by Crippen LogP contribution is -2.42. The Morgan fingerprint density at radius 1 is 1.50 bits per heavy atom. The van der Waals surface area contributed by atoms with Gasteiger partial charge in [-0.15, -0.1) is 0 Å². The van der Waals surface area contributed by atoms with Crippen LogP contribution in [0, 0.1) is 0 Å². The SMILES string of the molecule is CNCC1CCCN1C(=O)C1=Cc2cc(OC)ccc2OC1. The number of amides is 1. The first-order valence-corrected chi connectivity index (χ1v) is 7.70. The van der Waals surface area contributed by atoms with Crippen LogP contribution < -0.4 is 14.8 Å². The molecule has 2 aliphatic rings. The fourth-order valence-electron chi connectivity index (χ4n) is 3.14. The lowest BCUT2D eigenvalue weighted by Gasteiger charge is -2.27. The Kier molecular flexibility index (Phi) is 4.34. The van der Waals surface area contributed by atoms with Crippen LogP contribution in [0.4, 0.5) is 0 Å². The summed E-state index contributed by atoms with van der Waals surface area (Å²) in [6, 6.07) is 5.93. The molecule has 1 aromatic rings. The van der Waals surface area contributed by atoms with Crippen molar-refractivity contribution in [3.05, 3.63) is 29.3 Å². The molecular weight excluding hydrogens is 280 g/mol. The highest BCUT2D eigenvalue weighted by Gasteiger charge is 2.31. The number of ether oxygens (including phenoxy) is 2. The number of hydrogen-bond donors (Lipinski definition) is 1. The molecule has 2 aliphatic heterocycles. The number of rotatable bonds is 4. The highest BCUT2D eigenvalue weighted by molar-refractivity contribution is 5.99. The Bertz CT molecular complexity index is 598. The number of hydrogen-bond acceptors (Lipinski definition) is 4. The third kappa shape index (κ3) is 2.81. The Balaban J connectivity index is 1.82. The van der Waals surface area contributed by atoms with Crippen molar-refractivity contribution < 1.29 is 14.3 Å². The number of likely N-dealkylation sites (N-methyl/N-ethyl adjacent to an activating group) is 1. The van der Waals surface area contributed by atoms with E-state index in [0.29, 0.717) is 12.2 Å². The molecule has 0 spiro atoms. The predicted molar refractivity (Wildman–Crippen MR) is 85.1 cm³/mol. The second kappa shape index (κ2) is 6.40. The average molecular weight is 302 g/mol. The number of likely N-dealkylation sites (tertiary alicyclic amines) is 1. The first-order valence-electron chi connectivity index (χ1n) is 7.70. The van der Waals surface area contributed by atoms with Crippen LogP contribution in [0.2, 0.25) is 0 Å². The van der Waals surface area contributed by atoms with E-state index >= 15 is 0 Å². The van der Waals surface area contributed by atoms with E-state index in [-0.39, 0.29) is 11.9 Å². The van der Waals surface area contributed by atoms with Crippen LogP contribution in [0.15, 0.2) is 23.8 Å². The summed E-state index contributed by atoms with van der Waals surface area (Å²) in [4.78, 5) is 14.7. The van der Waals surface area contributed by atoms with Crippen molar-refractivity contribution in [3.63, 3.8) is 0 Å². The van der Waals surface area contributed by atoms with E-state index in [1.54, 1.807) is 7.11 Å². The largest absolute Gasteiger partial charge is 0.497 e. The average Bonchev–Trinajstić information content (AvgIpc) is 3.01. The summed E-state index contributed by atoms with van der Waals surface area (Å²) >= 11 is 0. The zero-order chi connectivity index (χ0) is 15.5. The van der Waals surface area contributed by atoms with Gasteiger partial charge in [0.25, 0.3) is 5.91 Å². The van der Waals surface area contributed by atoms with Gasteiger partial charge in [0.15, 0.2) is 0 Å². The van der Waals surface area contributed by atoms with Gasteiger partial charge in [-0.3, -0.25) is 4.79 Å². The lowest BCUT2D eigenvalue weighted by molar-refractivity contribution is -0.128. The topological polar surface area (TPSA) is 50.8 Å². The molecule has 5 heteroatoms. The number of methoxy groups -OCH3 is 1. The highest BCUT2D eigenvalue weighted by atomic mass is 16.5. The standard InChI is InChI=1S/C17H22N2O3/c1-18-10-14-4-3-7-19(14)17(20)13-8-12-9-15(21-2)5-6-16(12)22-11-13/h5-6,8-9,14,18H,3-4,7,10-11H2,1-2H3. The van der Waals surface area contributed by atoms with Crippen LogP contribution in [0.3, 0.4) is 0 Å². The fourth-order valence-corrected chi connectivity index (χ4v) is 3.14. The van der Waals surface area contributed by atoms with E-state index in [4.69, 9.17) is 9.47 Å². The minimum absolute atomic E-state index is 0.0891. The van der Waals surface area contributed by atoms with Gasteiger partial charge in [-0.1, -0.05) is 0 Å². The van der Waals surface area contributed by atoms with Crippen LogP contribution in [0.25, 0.3) is 6.08 Å². The minimum Gasteiger partial charge on any atom is -0.497 e. The molecule has 1 unspecified atom stereocenters. The van der Waals surface area contributed by atoms with Gasteiger partial charge in [0.1, 0.15) is 18.1 Å². The van der Waals surface area contributed by atoms with Crippen molar-refractivity contribution in [1.29, 1.82) is 0 Å². The van der Waals surface area contributed by atoms with E-state index in [1.807, 2.05) is 36.2 Å². The number of carbonyl (C=O) groups excluding carboxylic acids is 1. The van der Waals surface area contributed by atoms with Crippen molar-refractivity contribution in [2.45, 2.75) is 18.9 Å². The molecule has 1 amide bonds. The Hall–Kier alpha value is -2.01. The summed E-state index contributed by atoms with van der Waals surface area (Å²) in [6.45, 7) is 2.00. The molecule has 0 radical (unpaired) electrons. The Morgan fingerprint density at radius 2 is 2.36 bits per heavy atom. The third-order valence-electron chi connectivity index (χ3n) is 4.28. The van der Waals surface area contributed by atoms with Crippen molar-refractivity contribution in [2.24, 2.45) is 0 Å². The Morgan fingerprint density at radius 3 is 3.14 bits per heavy atom. The summed E-state index contributed by atoms with van der Waals surface area (Å²) in [5.74, 6) is 1.65. The van der Waals surface area contributed by atoms with Crippen LogP contribution in [0.5, 0.6) is 11.5 Å². The molecule has 22 heavy (non-hydrogen) atoms. The molecule has 0 aliphatic carbocycles. The summed E-state index contributed by atoms with van der Waals surface area (Å²) in [5, 5.41) is 3.17. The highest BCUT2D eigenvalue weighted by Crippen LogP contribution is 2.31. The first-order chi connectivity index (χ1) is 10.7. The van der Waals surface area contributed by atoms with Crippen LogP contribution in [0.1, 0.15) is 18.4 Å². The molecule has 1 fully saturated rings. The number of nitrogens with zero attached hydrogens (tertiary/aromatic N) is 1.